The second kappa shape index (κ2) is 12.0. The molecule has 0 radical (unpaired) electrons. The number of fused-ring (bicyclic) bond motifs is 9. The van der Waals surface area contributed by atoms with Crippen LogP contribution in [0.3, 0.4) is 0 Å². The third-order valence-corrected chi connectivity index (χ3v) is 11.7. The Hall–Kier alpha value is -7.58. The largest absolute Gasteiger partial charge is 0.456 e. The van der Waals surface area contributed by atoms with Gasteiger partial charge in [-0.15, -0.1) is 11.3 Å². The summed E-state index contributed by atoms with van der Waals surface area (Å²) >= 11 is 1.76. The van der Waals surface area contributed by atoms with Crippen LogP contribution in [-0.4, -0.2) is 14.5 Å². The Labute approximate surface area is 318 Å². The Morgan fingerprint density at radius 3 is 2.04 bits per heavy atom. The first-order chi connectivity index (χ1) is 27.2. The van der Waals surface area contributed by atoms with Gasteiger partial charge in [-0.05, 0) is 54.6 Å². The second-order valence-electron chi connectivity index (χ2n) is 13.6. The molecule has 0 atom stereocenters. The lowest BCUT2D eigenvalue weighted by Gasteiger charge is -2.14. The first-order valence-corrected chi connectivity index (χ1v) is 18.7. The van der Waals surface area contributed by atoms with Crippen molar-refractivity contribution in [2.45, 2.75) is 0 Å². The maximum atomic E-state index is 10.8. The quantitative estimate of drug-likeness (QED) is 0.181. The van der Waals surface area contributed by atoms with E-state index in [0.29, 0.717) is 33.9 Å². The summed E-state index contributed by atoms with van der Waals surface area (Å²) in [6.07, 6.45) is 0. The van der Waals surface area contributed by atoms with Crippen LogP contribution in [0.25, 0.3) is 104 Å². The van der Waals surface area contributed by atoms with E-state index in [1.165, 1.54) is 14.8 Å². The van der Waals surface area contributed by atoms with Gasteiger partial charge in [0, 0.05) is 64.5 Å². The molecule has 0 spiro atoms. The van der Waals surface area contributed by atoms with Crippen molar-refractivity contribution < 1.29 is 4.42 Å². The van der Waals surface area contributed by atoms with Gasteiger partial charge in [0.15, 0.2) is 5.82 Å². The summed E-state index contributed by atoms with van der Waals surface area (Å²) < 4.78 is 10.9. The average molecular weight is 720 g/mol. The summed E-state index contributed by atoms with van der Waals surface area (Å²) in [5.74, 6) is 0.505. The number of furan rings is 1. The van der Waals surface area contributed by atoms with E-state index in [-0.39, 0.29) is 0 Å². The van der Waals surface area contributed by atoms with Gasteiger partial charge in [-0.2, -0.15) is 10.5 Å². The topological polar surface area (TPSA) is 91.4 Å². The predicted molar refractivity (Wildman–Crippen MR) is 222 cm³/mol. The Bertz CT molecular complexity index is 3470. The molecule has 6 nitrogen and oxygen atoms in total. The summed E-state index contributed by atoms with van der Waals surface area (Å²) in [7, 11) is 0. The molecule has 11 rings (SSSR count). The molecule has 0 aliphatic heterocycles. The third kappa shape index (κ3) is 4.71. The molecule has 254 valence electrons. The van der Waals surface area contributed by atoms with Gasteiger partial charge in [-0.3, -0.25) is 0 Å². The molecule has 0 aliphatic carbocycles. The molecular weight excluding hydrogens is 695 g/mol. The van der Waals surface area contributed by atoms with Crippen molar-refractivity contribution in [3.05, 3.63) is 163 Å². The molecule has 0 saturated carbocycles. The smallest absolute Gasteiger partial charge is 0.160 e. The van der Waals surface area contributed by atoms with Crippen LogP contribution in [-0.2, 0) is 0 Å². The minimum atomic E-state index is 0.345. The molecular formula is C48H25N5OS. The summed E-state index contributed by atoms with van der Waals surface area (Å²) in [6.45, 7) is 0. The molecule has 4 aromatic heterocycles. The molecule has 0 aliphatic rings. The Morgan fingerprint density at radius 1 is 0.491 bits per heavy atom. The van der Waals surface area contributed by atoms with Gasteiger partial charge in [0.1, 0.15) is 28.9 Å². The minimum absolute atomic E-state index is 0.345. The molecule has 55 heavy (non-hydrogen) atoms. The number of nitriles is 2. The van der Waals surface area contributed by atoms with E-state index < -0.39 is 0 Å². The number of benzene rings is 7. The molecule has 0 fully saturated rings. The lowest BCUT2D eigenvalue weighted by Crippen LogP contribution is -2.02. The number of aromatic nitrogens is 3. The summed E-state index contributed by atoms with van der Waals surface area (Å²) in [5, 5.41) is 28.1. The van der Waals surface area contributed by atoms with Crippen LogP contribution in [0.4, 0.5) is 0 Å². The number of rotatable bonds is 4. The van der Waals surface area contributed by atoms with Gasteiger partial charge in [0.05, 0.1) is 33.7 Å². The van der Waals surface area contributed by atoms with Crippen LogP contribution in [0.15, 0.2) is 156 Å². The van der Waals surface area contributed by atoms with Crippen LogP contribution in [0.1, 0.15) is 11.1 Å². The summed E-state index contributed by atoms with van der Waals surface area (Å²) in [5.41, 5.74) is 8.35. The number of para-hydroxylation sites is 2. The summed E-state index contributed by atoms with van der Waals surface area (Å²) in [6, 6.07) is 55.7. The molecule has 11 aromatic rings. The van der Waals surface area contributed by atoms with Crippen LogP contribution in [0, 0.1) is 22.7 Å². The Kier molecular flexibility index (Phi) is 6.75. The van der Waals surface area contributed by atoms with Crippen LogP contribution < -0.4 is 0 Å². The Morgan fingerprint density at radius 2 is 1.20 bits per heavy atom. The van der Waals surface area contributed by atoms with Crippen molar-refractivity contribution in [1.29, 1.82) is 10.5 Å². The van der Waals surface area contributed by atoms with E-state index in [1.54, 1.807) is 11.3 Å². The first-order valence-electron chi connectivity index (χ1n) is 17.9. The Balaban J connectivity index is 1.13. The van der Waals surface area contributed by atoms with Gasteiger partial charge < -0.3 is 8.98 Å². The lowest BCUT2D eigenvalue weighted by molar-refractivity contribution is 0.669. The normalized spacial score (nSPS) is 11.6. The van der Waals surface area contributed by atoms with Gasteiger partial charge in [-0.1, -0.05) is 91.0 Å². The molecule has 4 heterocycles. The molecule has 0 amide bonds. The zero-order chi connectivity index (χ0) is 36.6. The molecule has 0 saturated heterocycles. The zero-order valence-electron chi connectivity index (χ0n) is 29.0. The maximum absolute atomic E-state index is 10.8. The van der Waals surface area contributed by atoms with E-state index in [0.717, 1.165) is 65.9 Å². The number of thiophene rings is 1. The average Bonchev–Trinajstić information content (AvgIpc) is 3.91. The second-order valence-corrected chi connectivity index (χ2v) is 14.7. The maximum Gasteiger partial charge on any atom is 0.160 e. The van der Waals surface area contributed by atoms with Gasteiger partial charge in [0.25, 0.3) is 0 Å². The van der Waals surface area contributed by atoms with E-state index in [9.17, 15) is 10.5 Å². The highest BCUT2D eigenvalue weighted by molar-refractivity contribution is 7.25. The number of hydrogen-bond donors (Lipinski definition) is 0. The first kappa shape index (κ1) is 31.0. The standard InChI is InChI=1S/C48H25N5OS/c49-26-31-22-29(18-20-39(31)53-40-15-7-4-12-32(40)35-24-36-33-13-5-8-16-42(33)54-43(36)25-41(35)53)47-38(27-50)46(28-10-2-1-3-11-28)51-48(52-47)30-19-21-45-37(23-30)34-14-6-9-17-44(34)55-45/h1-25H. The molecule has 0 unspecified atom stereocenters. The van der Waals surface area contributed by atoms with Crippen molar-refractivity contribution in [3.8, 4) is 51.7 Å². The third-order valence-electron chi connectivity index (χ3n) is 10.5. The van der Waals surface area contributed by atoms with Gasteiger partial charge >= 0.3 is 0 Å². The van der Waals surface area contributed by atoms with E-state index in [2.05, 4.69) is 83.4 Å². The number of nitrogens with zero attached hydrogens (tertiary/aromatic N) is 5. The summed E-state index contributed by atoms with van der Waals surface area (Å²) in [4.78, 5) is 10.1. The predicted octanol–water partition coefficient (Wildman–Crippen LogP) is 12.6. The highest BCUT2D eigenvalue weighted by atomic mass is 32.1. The lowest BCUT2D eigenvalue weighted by atomic mass is 9.98. The monoisotopic (exact) mass is 719 g/mol. The van der Waals surface area contributed by atoms with E-state index in [4.69, 9.17) is 14.4 Å². The van der Waals surface area contributed by atoms with Crippen molar-refractivity contribution >= 4 is 75.3 Å². The molecule has 0 N–H and O–H groups in total. The van der Waals surface area contributed by atoms with Gasteiger partial charge in [0.2, 0.25) is 0 Å². The van der Waals surface area contributed by atoms with Crippen LogP contribution >= 0.6 is 11.3 Å². The fraction of sp³-hybridized carbons (Fsp3) is 0. The van der Waals surface area contributed by atoms with Crippen molar-refractivity contribution in [1.82, 2.24) is 14.5 Å². The van der Waals surface area contributed by atoms with Crippen LogP contribution in [0.5, 0.6) is 0 Å². The van der Waals surface area contributed by atoms with Crippen molar-refractivity contribution in [2.75, 3.05) is 0 Å². The van der Waals surface area contributed by atoms with Crippen LogP contribution in [0.2, 0.25) is 0 Å². The van der Waals surface area contributed by atoms with E-state index >= 15 is 0 Å². The van der Waals surface area contributed by atoms with Crippen molar-refractivity contribution in [2.24, 2.45) is 0 Å². The molecule has 7 aromatic carbocycles. The van der Waals surface area contributed by atoms with Crippen molar-refractivity contribution in [3.63, 3.8) is 0 Å². The van der Waals surface area contributed by atoms with E-state index in [1.807, 2.05) is 84.9 Å². The highest BCUT2D eigenvalue weighted by Crippen LogP contribution is 2.41. The zero-order valence-corrected chi connectivity index (χ0v) is 29.8. The SMILES string of the molecule is N#Cc1cc(-c2nc(-c3ccc4sc5ccccc5c4c3)nc(-c3ccccc3)c2C#N)ccc1-n1c2ccccc2c2cc3c(cc21)oc1ccccc13. The molecule has 0 bridgehead atoms. The fourth-order valence-corrected chi connectivity index (χ4v) is 9.08. The fourth-order valence-electron chi connectivity index (χ4n) is 7.99. The van der Waals surface area contributed by atoms with Gasteiger partial charge in [-0.25, -0.2) is 9.97 Å². The highest BCUT2D eigenvalue weighted by Gasteiger charge is 2.22. The minimum Gasteiger partial charge on any atom is -0.456 e. The number of hydrogen-bond acceptors (Lipinski definition) is 6. The molecule has 7 heteroatoms.